The summed E-state index contributed by atoms with van der Waals surface area (Å²) in [6.45, 7) is -0.148. The number of carbonyl (C=O) groups is 2. The smallest absolute Gasteiger partial charge is 0.253 e. The maximum atomic E-state index is 13.1. The molecule has 0 aromatic heterocycles. The molecule has 2 fully saturated rings. The second-order valence-electron chi connectivity index (χ2n) is 9.33. The molecule has 3 atom stereocenters. The van der Waals surface area contributed by atoms with Crippen molar-refractivity contribution >= 4 is 11.8 Å². The van der Waals surface area contributed by atoms with E-state index in [4.69, 9.17) is 0 Å². The third kappa shape index (κ3) is 4.38. The Labute approximate surface area is 195 Å². The van der Waals surface area contributed by atoms with Gasteiger partial charge in [-0.2, -0.15) is 5.26 Å². The molecular formula is C27H31N3O3. The minimum absolute atomic E-state index is 0.0191. The van der Waals surface area contributed by atoms with Gasteiger partial charge in [-0.25, -0.2) is 0 Å². The van der Waals surface area contributed by atoms with E-state index < -0.39 is 6.04 Å². The van der Waals surface area contributed by atoms with Gasteiger partial charge in [0.25, 0.3) is 5.91 Å². The highest BCUT2D eigenvalue weighted by atomic mass is 16.3. The highest BCUT2D eigenvalue weighted by Gasteiger charge is 2.52. The van der Waals surface area contributed by atoms with E-state index in [0.29, 0.717) is 5.56 Å². The van der Waals surface area contributed by atoms with Crippen LogP contribution in [0.4, 0.5) is 0 Å². The fraction of sp³-hybridized carbons (Fsp3) is 0.444. The molecule has 1 aliphatic heterocycles. The first-order chi connectivity index (χ1) is 16.0. The number of hydrogen-bond acceptors (Lipinski definition) is 4. The summed E-state index contributed by atoms with van der Waals surface area (Å²) in [5.41, 5.74) is 3.60. The molecule has 6 heteroatoms. The summed E-state index contributed by atoms with van der Waals surface area (Å²) in [4.78, 5) is 28.4. The molecule has 0 unspecified atom stereocenters. The second-order valence-corrected chi connectivity index (χ2v) is 9.33. The van der Waals surface area contributed by atoms with Crippen LogP contribution in [-0.2, 0) is 4.79 Å². The zero-order chi connectivity index (χ0) is 23.5. The zero-order valence-corrected chi connectivity index (χ0v) is 19.3. The van der Waals surface area contributed by atoms with Crippen LogP contribution in [0.25, 0.3) is 11.1 Å². The van der Waals surface area contributed by atoms with Gasteiger partial charge in [0.2, 0.25) is 5.91 Å². The number of aliphatic hydroxyl groups excluding tert-OH is 1. The quantitative estimate of drug-likeness (QED) is 0.758. The molecule has 2 amide bonds. The first-order valence-electron chi connectivity index (χ1n) is 11.7. The Morgan fingerprint density at radius 2 is 1.58 bits per heavy atom. The first kappa shape index (κ1) is 23.0. The van der Waals surface area contributed by atoms with Crippen LogP contribution in [0.5, 0.6) is 0 Å². The van der Waals surface area contributed by atoms with Gasteiger partial charge in [0.05, 0.1) is 18.7 Å². The van der Waals surface area contributed by atoms with Gasteiger partial charge in [-0.15, -0.1) is 0 Å². The second kappa shape index (κ2) is 9.76. The Hall–Kier alpha value is -3.17. The van der Waals surface area contributed by atoms with E-state index in [2.05, 4.69) is 6.07 Å². The van der Waals surface area contributed by atoms with Gasteiger partial charge in [0.1, 0.15) is 6.04 Å². The van der Waals surface area contributed by atoms with Crippen LogP contribution in [0.15, 0.2) is 48.5 Å². The van der Waals surface area contributed by atoms with E-state index in [1.54, 1.807) is 23.9 Å². The van der Waals surface area contributed by atoms with Crippen molar-refractivity contribution in [3.05, 3.63) is 59.7 Å². The molecule has 0 radical (unpaired) electrons. The Morgan fingerprint density at radius 3 is 2.09 bits per heavy atom. The normalized spacial score (nSPS) is 22.8. The van der Waals surface area contributed by atoms with Crippen molar-refractivity contribution in [3.63, 3.8) is 0 Å². The van der Waals surface area contributed by atoms with Gasteiger partial charge in [-0.3, -0.25) is 9.59 Å². The number of rotatable bonds is 5. The van der Waals surface area contributed by atoms with Crippen molar-refractivity contribution in [1.82, 2.24) is 9.80 Å². The predicted molar refractivity (Wildman–Crippen MR) is 126 cm³/mol. The van der Waals surface area contributed by atoms with E-state index in [-0.39, 0.29) is 36.3 Å². The highest BCUT2D eigenvalue weighted by Crippen LogP contribution is 2.43. The van der Waals surface area contributed by atoms with Crippen LogP contribution < -0.4 is 0 Å². The van der Waals surface area contributed by atoms with E-state index in [9.17, 15) is 20.0 Å². The van der Waals surface area contributed by atoms with Gasteiger partial charge in [-0.05, 0) is 41.7 Å². The molecular weight excluding hydrogens is 414 g/mol. The number of amides is 2. The number of nitrogens with zero attached hydrogens (tertiary/aromatic N) is 3. The summed E-state index contributed by atoms with van der Waals surface area (Å²) >= 11 is 0. The molecule has 172 valence electrons. The number of hydrogen-bond donors (Lipinski definition) is 1. The average molecular weight is 446 g/mol. The Bertz CT molecular complexity index is 1030. The van der Waals surface area contributed by atoms with Crippen LogP contribution in [0, 0.1) is 17.2 Å². The van der Waals surface area contributed by atoms with Crippen molar-refractivity contribution in [2.45, 2.75) is 50.1 Å². The molecule has 2 aromatic rings. The summed E-state index contributed by atoms with van der Waals surface area (Å²) in [6.07, 6.45) is 5.03. The summed E-state index contributed by atoms with van der Waals surface area (Å²) in [5, 5.41) is 19.9. The molecule has 2 aromatic carbocycles. The topological polar surface area (TPSA) is 84.6 Å². The minimum Gasteiger partial charge on any atom is -0.394 e. The molecule has 4 rings (SSSR count). The maximum Gasteiger partial charge on any atom is 0.253 e. The first-order valence-corrected chi connectivity index (χ1v) is 11.7. The lowest BCUT2D eigenvalue weighted by Crippen LogP contribution is -2.66. The Balaban J connectivity index is 1.50. The molecule has 1 saturated heterocycles. The maximum absolute atomic E-state index is 13.1. The van der Waals surface area contributed by atoms with Crippen LogP contribution in [0.3, 0.4) is 0 Å². The lowest BCUT2D eigenvalue weighted by Gasteiger charge is -2.52. The lowest BCUT2D eigenvalue weighted by atomic mass is 9.74. The fourth-order valence-electron chi connectivity index (χ4n) is 5.23. The molecule has 1 N–H and O–H groups in total. The highest BCUT2D eigenvalue weighted by molar-refractivity contribution is 5.94. The van der Waals surface area contributed by atoms with Crippen LogP contribution in [0.2, 0.25) is 0 Å². The fourth-order valence-corrected chi connectivity index (χ4v) is 5.23. The predicted octanol–water partition coefficient (Wildman–Crippen LogP) is 3.81. The monoisotopic (exact) mass is 445 g/mol. The number of likely N-dealkylation sites (tertiary alicyclic amines) is 1. The van der Waals surface area contributed by atoms with Crippen LogP contribution in [0.1, 0.15) is 53.9 Å². The average Bonchev–Trinajstić information content (AvgIpc) is 2.84. The summed E-state index contributed by atoms with van der Waals surface area (Å²) in [5.74, 6) is -0.219. The largest absolute Gasteiger partial charge is 0.394 e. The standard InChI is InChI=1S/C27H31N3O3/c1-29(2)26(32)22-14-10-19(11-15-22)18-8-12-20(13-9-18)25-23(16-28)30(24(25)17-31)27(33)21-6-4-3-5-7-21/h8-15,21,23-25,31H,3-7,17H2,1-2H3/t23-,24+,25-/m1/s1. The third-order valence-electron chi connectivity index (χ3n) is 7.11. The van der Waals surface area contributed by atoms with E-state index in [1.165, 1.54) is 6.42 Å². The number of benzene rings is 2. The van der Waals surface area contributed by atoms with E-state index >= 15 is 0 Å². The van der Waals surface area contributed by atoms with Crippen molar-refractivity contribution in [2.75, 3.05) is 20.7 Å². The number of carbonyl (C=O) groups excluding carboxylic acids is 2. The molecule has 6 nitrogen and oxygen atoms in total. The Morgan fingerprint density at radius 1 is 1.00 bits per heavy atom. The molecule has 1 heterocycles. The van der Waals surface area contributed by atoms with Gasteiger partial charge < -0.3 is 14.9 Å². The van der Waals surface area contributed by atoms with Crippen molar-refractivity contribution < 1.29 is 14.7 Å². The van der Waals surface area contributed by atoms with Gasteiger partial charge in [-0.1, -0.05) is 55.7 Å². The molecule has 33 heavy (non-hydrogen) atoms. The van der Waals surface area contributed by atoms with Crippen molar-refractivity contribution in [3.8, 4) is 17.2 Å². The summed E-state index contributed by atoms with van der Waals surface area (Å²) < 4.78 is 0. The van der Waals surface area contributed by atoms with Crippen LogP contribution >= 0.6 is 0 Å². The number of nitriles is 1. The molecule has 1 saturated carbocycles. The molecule has 0 spiro atoms. The summed E-state index contributed by atoms with van der Waals surface area (Å²) in [7, 11) is 3.46. The zero-order valence-electron chi connectivity index (χ0n) is 19.3. The molecule has 0 bridgehead atoms. The minimum atomic E-state index is -0.543. The third-order valence-corrected chi connectivity index (χ3v) is 7.11. The van der Waals surface area contributed by atoms with Crippen molar-refractivity contribution in [2.24, 2.45) is 5.92 Å². The van der Waals surface area contributed by atoms with Gasteiger partial charge >= 0.3 is 0 Å². The van der Waals surface area contributed by atoms with Gasteiger partial charge in [0.15, 0.2) is 0 Å². The Kier molecular flexibility index (Phi) is 6.80. The van der Waals surface area contributed by atoms with Gasteiger partial charge in [0, 0.05) is 31.5 Å². The summed E-state index contributed by atoms with van der Waals surface area (Å²) in [6, 6.07) is 16.9. The number of aliphatic hydroxyl groups is 1. The van der Waals surface area contributed by atoms with Crippen LogP contribution in [-0.4, -0.2) is 59.5 Å². The SMILES string of the molecule is CN(C)C(=O)c1ccc(-c2ccc([C@@H]3[C@@H](C#N)N(C(=O)C4CCCCC4)[C@H]3CO)cc2)cc1. The van der Waals surface area contributed by atoms with E-state index in [1.807, 2.05) is 48.5 Å². The van der Waals surface area contributed by atoms with Crippen molar-refractivity contribution in [1.29, 1.82) is 5.26 Å². The molecule has 2 aliphatic rings. The molecule has 1 aliphatic carbocycles. The lowest BCUT2D eigenvalue weighted by molar-refractivity contribution is -0.152. The van der Waals surface area contributed by atoms with E-state index in [0.717, 1.165) is 42.4 Å².